The van der Waals surface area contributed by atoms with Gasteiger partial charge in [0.25, 0.3) is 0 Å². The molecule has 0 spiro atoms. The monoisotopic (exact) mass is 348 g/mol. The molecular formula is C16H24N6OS. The van der Waals surface area contributed by atoms with E-state index in [0.717, 1.165) is 43.3 Å². The Labute approximate surface area is 146 Å². The average molecular weight is 348 g/mol. The first-order chi connectivity index (χ1) is 11.6. The summed E-state index contributed by atoms with van der Waals surface area (Å²) in [4.78, 5) is 17.0. The second kappa shape index (κ2) is 7.87. The van der Waals surface area contributed by atoms with Crippen molar-refractivity contribution >= 4 is 23.0 Å². The molecule has 1 unspecified atom stereocenters. The average Bonchev–Trinajstić information content (AvgIpc) is 3.11. The number of β-amino-alcohol motifs (C(OH)–C–C–N with tert-alkyl or cyclic N) is 1. The normalized spacial score (nSPS) is 17.6. The molecule has 0 saturated carbocycles. The Kier molecular flexibility index (Phi) is 5.60. The molecular weight excluding hydrogens is 324 g/mol. The number of aliphatic hydroxyl groups excluding tert-OH is 1. The van der Waals surface area contributed by atoms with Crippen LogP contribution in [0.5, 0.6) is 0 Å². The molecule has 1 aliphatic heterocycles. The number of aliphatic hydroxyl groups is 1. The molecule has 2 N–H and O–H groups in total. The second-order valence-corrected chi connectivity index (χ2v) is 7.02. The summed E-state index contributed by atoms with van der Waals surface area (Å²) in [6.07, 6.45) is 3.16. The molecule has 2 aromatic rings. The van der Waals surface area contributed by atoms with Crippen molar-refractivity contribution in [3.63, 3.8) is 0 Å². The van der Waals surface area contributed by atoms with Gasteiger partial charge in [0.15, 0.2) is 0 Å². The van der Waals surface area contributed by atoms with Crippen LogP contribution >= 0.6 is 11.3 Å². The molecule has 1 atom stereocenters. The van der Waals surface area contributed by atoms with Crippen LogP contribution in [0.15, 0.2) is 23.3 Å². The zero-order chi connectivity index (χ0) is 16.9. The predicted molar refractivity (Wildman–Crippen MR) is 96.5 cm³/mol. The van der Waals surface area contributed by atoms with Crippen LogP contribution in [0, 0.1) is 0 Å². The third kappa shape index (κ3) is 4.40. The molecule has 3 rings (SSSR count). The third-order valence-corrected chi connectivity index (χ3v) is 4.88. The SMILES string of the molecule is CN(C)c1cc(NC2CCN(CC(O)c3cscn3)CC2)ncn1. The predicted octanol–water partition coefficient (Wildman–Crippen LogP) is 1.61. The highest BCUT2D eigenvalue weighted by molar-refractivity contribution is 7.07. The minimum Gasteiger partial charge on any atom is -0.385 e. The van der Waals surface area contributed by atoms with Crippen LogP contribution in [0.25, 0.3) is 0 Å². The Balaban J connectivity index is 1.47. The van der Waals surface area contributed by atoms with Gasteiger partial charge in [0.1, 0.15) is 24.1 Å². The molecule has 3 heterocycles. The summed E-state index contributed by atoms with van der Waals surface area (Å²) in [5.74, 6) is 1.77. The number of rotatable bonds is 6. The maximum absolute atomic E-state index is 10.2. The molecule has 0 radical (unpaired) electrons. The maximum atomic E-state index is 10.2. The molecule has 0 aliphatic carbocycles. The number of nitrogens with zero attached hydrogens (tertiary/aromatic N) is 5. The molecule has 0 amide bonds. The molecule has 0 aromatic carbocycles. The lowest BCUT2D eigenvalue weighted by atomic mass is 10.0. The van der Waals surface area contributed by atoms with Gasteiger partial charge in [-0.1, -0.05) is 0 Å². The first kappa shape index (κ1) is 17.1. The van der Waals surface area contributed by atoms with E-state index in [2.05, 4.69) is 25.2 Å². The van der Waals surface area contributed by atoms with Crippen molar-refractivity contribution in [3.05, 3.63) is 29.0 Å². The van der Waals surface area contributed by atoms with Crippen molar-refractivity contribution in [2.75, 3.05) is 43.9 Å². The smallest absolute Gasteiger partial charge is 0.133 e. The van der Waals surface area contributed by atoms with Gasteiger partial charge in [-0.15, -0.1) is 11.3 Å². The summed E-state index contributed by atoms with van der Waals surface area (Å²) in [7, 11) is 3.94. The van der Waals surface area contributed by atoms with Crippen LogP contribution in [0.1, 0.15) is 24.6 Å². The minimum absolute atomic E-state index is 0.405. The Morgan fingerprint density at radius 1 is 1.33 bits per heavy atom. The van der Waals surface area contributed by atoms with Gasteiger partial charge in [-0.05, 0) is 12.8 Å². The summed E-state index contributed by atoms with van der Waals surface area (Å²) in [6, 6.07) is 2.38. The fourth-order valence-corrected chi connectivity index (χ4v) is 3.46. The van der Waals surface area contributed by atoms with Gasteiger partial charge >= 0.3 is 0 Å². The number of hydrogen-bond acceptors (Lipinski definition) is 8. The minimum atomic E-state index is -0.495. The van der Waals surface area contributed by atoms with Crippen LogP contribution in [0.3, 0.4) is 0 Å². The fraction of sp³-hybridized carbons (Fsp3) is 0.562. The molecule has 1 saturated heterocycles. The van der Waals surface area contributed by atoms with E-state index in [1.807, 2.05) is 30.4 Å². The number of piperidine rings is 1. The van der Waals surface area contributed by atoms with Crippen LogP contribution in [-0.2, 0) is 0 Å². The van der Waals surface area contributed by atoms with Crippen LogP contribution in [-0.4, -0.2) is 64.7 Å². The van der Waals surface area contributed by atoms with Gasteiger partial charge in [-0.3, -0.25) is 0 Å². The summed E-state index contributed by atoms with van der Waals surface area (Å²) in [6.45, 7) is 2.57. The highest BCUT2D eigenvalue weighted by Gasteiger charge is 2.22. The summed E-state index contributed by atoms with van der Waals surface area (Å²) >= 11 is 1.52. The van der Waals surface area contributed by atoms with Crippen molar-refractivity contribution < 1.29 is 5.11 Å². The third-order valence-electron chi connectivity index (χ3n) is 4.27. The van der Waals surface area contributed by atoms with Gasteiger partial charge in [-0.2, -0.15) is 0 Å². The van der Waals surface area contributed by atoms with E-state index in [-0.39, 0.29) is 0 Å². The van der Waals surface area contributed by atoms with Crippen LogP contribution in [0.2, 0.25) is 0 Å². The van der Waals surface area contributed by atoms with E-state index in [4.69, 9.17) is 0 Å². The number of hydrogen-bond donors (Lipinski definition) is 2. The summed E-state index contributed by atoms with van der Waals surface area (Å²) in [5, 5.41) is 15.6. The Morgan fingerprint density at radius 2 is 2.12 bits per heavy atom. The van der Waals surface area contributed by atoms with Crippen molar-refractivity contribution in [1.82, 2.24) is 19.9 Å². The fourth-order valence-electron chi connectivity index (χ4n) is 2.86. The van der Waals surface area contributed by atoms with E-state index in [1.165, 1.54) is 11.3 Å². The van der Waals surface area contributed by atoms with E-state index in [0.29, 0.717) is 12.6 Å². The summed E-state index contributed by atoms with van der Waals surface area (Å²) < 4.78 is 0. The Morgan fingerprint density at radius 3 is 2.79 bits per heavy atom. The number of nitrogens with one attached hydrogen (secondary N) is 1. The van der Waals surface area contributed by atoms with Crippen molar-refractivity contribution in [2.45, 2.75) is 25.0 Å². The molecule has 24 heavy (non-hydrogen) atoms. The van der Waals surface area contributed by atoms with Gasteiger partial charge in [0.05, 0.1) is 11.2 Å². The van der Waals surface area contributed by atoms with E-state index >= 15 is 0 Å². The van der Waals surface area contributed by atoms with Crippen molar-refractivity contribution in [2.24, 2.45) is 0 Å². The molecule has 130 valence electrons. The van der Waals surface area contributed by atoms with Crippen molar-refractivity contribution in [3.8, 4) is 0 Å². The molecule has 1 fully saturated rings. The molecule has 8 heteroatoms. The van der Waals surface area contributed by atoms with E-state index in [1.54, 1.807) is 11.8 Å². The van der Waals surface area contributed by atoms with Gasteiger partial charge < -0.3 is 20.2 Å². The van der Waals surface area contributed by atoms with Gasteiger partial charge in [-0.25, -0.2) is 15.0 Å². The summed E-state index contributed by atoms with van der Waals surface area (Å²) in [5.41, 5.74) is 2.54. The molecule has 1 aliphatic rings. The van der Waals surface area contributed by atoms with Crippen LogP contribution < -0.4 is 10.2 Å². The number of aromatic nitrogens is 3. The number of anilines is 2. The van der Waals surface area contributed by atoms with Gasteiger partial charge in [0, 0.05) is 51.2 Å². The lowest BCUT2D eigenvalue weighted by Crippen LogP contribution is -2.41. The second-order valence-electron chi connectivity index (χ2n) is 6.30. The Bertz CT molecular complexity index is 627. The lowest BCUT2D eigenvalue weighted by Gasteiger charge is -2.33. The van der Waals surface area contributed by atoms with Crippen LogP contribution in [0.4, 0.5) is 11.6 Å². The lowest BCUT2D eigenvalue weighted by molar-refractivity contribution is 0.0966. The molecule has 0 bridgehead atoms. The highest BCUT2D eigenvalue weighted by atomic mass is 32.1. The Hall–Kier alpha value is -1.77. The first-order valence-corrected chi connectivity index (χ1v) is 9.10. The first-order valence-electron chi connectivity index (χ1n) is 8.16. The zero-order valence-corrected chi connectivity index (χ0v) is 14.9. The number of likely N-dealkylation sites (tertiary alicyclic amines) is 1. The number of thiazole rings is 1. The largest absolute Gasteiger partial charge is 0.385 e. The molecule has 2 aromatic heterocycles. The standard InChI is InChI=1S/C16H24N6OS/c1-21(2)16-7-15(17-10-18-16)20-12-3-5-22(6-4-12)8-14(23)13-9-24-11-19-13/h7,9-12,14,23H,3-6,8H2,1-2H3,(H,17,18,20). The van der Waals surface area contributed by atoms with Crippen molar-refractivity contribution in [1.29, 1.82) is 0 Å². The topological polar surface area (TPSA) is 77.4 Å². The zero-order valence-electron chi connectivity index (χ0n) is 14.1. The highest BCUT2D eigenvalue weighted by Crippen LogP contribution is 2.20. The maximum Gasteiger partial charge on any atom is 0.133 e. The molecule has 7 nitrogen and oxygen atoms in total. The quantitative estimate of drug-likeness (QED) is 0.821. The van der Waals surface area contributed by atoms with E-state index < -0.39 is 6.10 Å². The van der Waals surface area contributed by atoms with E-state index in [9.17, 15) is 5.11 Å². The van der Waals surface area contributed by atoms with Gasteiger partial charge in [0.2, 0.25) is 0 Å².